The average molecular weight is 481 g/mol. The van der Waals surface area contributed by atoms with Crippen LogP contribution in [-0.2, 0) is 4.79 Å². The Morgan fingerprint density at radius 1 is 1.41 bits per heavy atom. The van der Waals surface area contributed by atoms with Crippen molar-refractivity contribution < 1.29 is 9.18 Å². The van der Waals surface area contributed by atoms with Gasteiger partial charge < -0.3 is 5.32 Å². The van der Waals surface area contributed by atoms with Crippen molar-refractivity contribution in [1.29, 1.82) is 0 Å². The molecule has 0 saturated heterocycles. The molecule has 0 aliphatic heterocycles. The maximum absolute atomic E-state index is 13.3. The van der Waals surface area contributed by atoms with E-state index >= 15 is 0 Å². The fraction of sp³-hybridized carbons (Fsp3) is 0.500. The van der Waals surface area contributed by atoms with Gasteiger partial charge in [-0.3, -0.25) is 4.79 Å². The fourth-order valence-corrected chi connectivity index (χ4v) is 3.60. The van der Waals surface area contributed by atoms with E-state index in [1.54, 1.807) is 12.1 Å². The van der Waals surface area contributed by atoms with E-state index < -0.39 is 0 Å². The van der Waals surface area contributed by atoms with Gasteiger partial charge in [0.1, 0.15) is 5.82 Å². The molecule has 0 aromatic heterocycles. The molecule has 22 heavy (non-hydrogen) atoms. The highest BCUT2D eigenvalue weighted by molar-refractivity contribution is 14.1. The van der Waals surface area contributed by atoms with E-state index in [9.17, 15) is 9.18 Å². The Balaban J connectivity index is 2.02. The average Bonchev–Trinajstić information content (AvgIpc) is 2.55. The number of nitrogens with one attached hydrogen (secondary N) is 1. The highest BCUT2D eigenvalue weighted by Crippen LogP contribution is 2.31. The predicted octanol–water partition coefficient (Wildman–Crippen LogP) is 5.53. The van der Waals surface area contributed by atoms with Crippen LogP contribution in [0.3, 0.4) is 0 Å². The van der Waals surface area contributed by atoms with Crippen LogP contribution in [-0.4, -0.2) is 11.6 Å². The number of ketones is 1. The number of hydrogen-bond acceptors (Lipinski definition) is 2. The molecule has 0 amide bonds. The van der Waals surface area contributed by atoms with Crippen molar-refractivity contribution in [3.05, 3.63) is 28.5 Å². The van der Waals surface area contributed by atoms with Crippen LogP contribution in [0.5, 0.6) is 0 Å². The van der Waals surface area contributed by atoms with Gasteiger partial charge in [-0.05, 0) is 65.7 Å². The molecule has 1 aliphatic rings. The molecule has 0 unspecified atom stereocenters. The number of benzene rings is 1. The molecule has 1 fully saturated rings. The zero-order valence-electron chi connectivity index (χ0n) is 12.4. The van der Waals surface area contributed by atoms with Crippen LogP contribution in [0.4, 0.5) is 10.1 Å². The van der Waals surface area contributed by atoms with Crippen LogP contribution in [0.2, 0.25) is 0 Å². The lowest BCUT2D eigenvalue weighted by Gasteiger charge is -2.27. The third-order valence-corrected chi connectivity index (χ3v) is 5.39. The Morgan fingerprint density at radius 2 is 2.09 bits per heavy atom. The van der Waals surface area contributed by atoms with Gasteiger partial charge in [-0.25, -0.2) is 4.39 Å². The zero-order chi connectivity index (χ0) is 16.1. The lowest BCUT2D eigenvalue weighted by atomic mass is 9.79. The van der Waals surface area contributed by atoms with Gasteiger partial charge in [-0.15, -0.1) is 0 Å². The summed E-state index contributed by atoms with van der Waals surface area (Å²) in [5.41, 5.74) is 0.652. The van der Waals surface area contributed by atoms with Gasteiger partial charge in [0, 0.05) is 11.6 Å². The molecule has 0 atom stereocenters. The van der Waals surface area contributed by atoms with Gasteiger partial charge >= 0.3 is 0 Å². The Bertz CT molecular complexity index is 571. The number of anilines is 1. The molecule has 1 aromatic carbocycles. The number of Topliss-reactive ketones (excluding diaryl/α,β-unsaturated/α-hetero) is 1. The SMILES string of the molecule is CCC1CCC(C(=O)C(=NI)Nc2ccc(F)c(Br)c2)CC1. The largest absolute Gasteiger partial charge is 0.337 e. The predicted molar refractivity (Wildman–Crippen MR) is 99.9 cm³/mol. The minimum Gasteiger partial charge on any atom is -0.337 e. The molecule has 1 aliphatic carbocycles. The summed E-state index contributed by atoms with van der Waals surface area (Å²) in [6.45, 7) is 2.21. The monoisotopic (exact) mass is 480 g/mol. The Labute approximate surface area is 152 Å². The van der Waals surface area contributed by atoms with Crippen molar-refractivity contribution in [2.24, 2.45) is 15.0 Å². The van der Waals surface area contributed by atoms with Crippen LogP contribution >= 0.6 is 38.8 Å². The summed E-state index contributed by atoms with van der Waals surface area (Å²) in [7, 11) is 0. The molecule has 3 nitrogen and oxygen atoms in total. The van der Waals surface area contributed by atoms with Gasteiger partial charge in [0.05, 0.1) is 27.3 Å². The van der Waals surface area contributed by atoms with E-state index in [2.05, 4.69) is 31.4 Å². The minimum atomic E-state index is -0.331. The molecule has 0 spiro atoms. The minimum absolute atomic E-state index is 0.0488. The summed E-state index contributed by atoms with van der Waals surface area (Å²) < 4.78 is 17.7. The van der Waals surface area contributed by atoms with Crippen molar-refractivity contribution in [2.45, 2.75) is 39.0 Å². The second kappa shape index (κ2) is 8.38. The molecule has 0 radical (unpaired) electrons. The first-order valence-corrected chi connectivity index (χ1v) is 9.26. The highest BCUT2D eigenvalue weighted by Gasteiger charge is 2.28. The van der Waals surface area contributed by atoms with Gasteiger partial charge in [0.15, 0.2) is 5.84 Å². The number of carbonyl (C=O) groups excluding carboxylic acids is 1. The quantitative estimate of drug-likeness (QED) is 0.349. The molecular formula is C16H19BrFIN2O. The maximum Gasteiger partial charge on any atom is 0.201 e. The van der Waals surface area contributed by atoms with Crippen LogP contribution in [0.15, 0.2) is 25.9 Å². The molecule has 1 N–H and O–H groups in total. The number of hydrogen-bond donors (Lipinski definition) is 1. The van der Waals surface area contributed by atoms with Crippen LogP contribution in [0.1, 0.15) is 39.0 Å². The van der Waals surface area contributed by atoms with Crippen molar-refractivity contribution in [3.8, 4) is 0 Å². The molecule has 120 valence electrons. The first-order chi connectivity index (χ1) is 10.5. The molecule has 1 aromatic rings. The summed E-state index contributed by atoms with van der Waals surface area (Å²) in [6, 6.07) is 4.57. The zero-order valence-corrected chi connectivity index (χ0v) is 16.2. The van der Waals surface area contributed by atoms with E-state index in [1.807, 2.05) is 22.9 Å². The Kier molecular flexibility index (Phi) is 6.80. The smallest absolute Gasteiger partial charge is 0.201 e. The topological polar surface area (TPSA) is 41.5 Å². The highest BCUT2D eigenvalue weighted by atomic mass is 127. The van der Waals surface area contributed by atoms with Gasteiger partial charge in [-0.2, -0.15) is 3.21 Å². The van der Waals surface area contributed by atoms with E-state index in [1.165, 1.54) is 12.5 Å². The molecule has 1 saturated carbocycles. The summed E-state index contributed by atoms with van der Waals surface area (Å²) in [5.74, 6) is 0.879. The van der Waals surface area contributed by atoms with Crippen molar-refractivity contribution in [1.82, 2.24) is 0 Å². The van der Waals surface area contributed by atoms with E-state index in [4.69, 9.17) is 0 Å². The van der Waals surface area contributed by atoms with Gasteiger partial charge in [0.2, 0.25) is 5.78 Å². The van der Waals surface area contributed by atoms with Gasteiger partial charge in [-0.1, -0.05) is 13.3 Å². The standard InChI is InChI=1S/C16H19BrFIN2O/c1-2-10-3-5-11(6-4-10)15(22)16(21-19)20-12-7-8-14(18)13(17)9-12/h7-11H,2-6H2,1H3,(H,20,21). The third-order valence-electron chi connectivity index (χ3n) is 4.30. The molecule has 0 bridgehead atoms. The second-order valence-electron chi connectivity index (χ2n) is 5.68. The Morgan fingerprint density at radius 3 is 2.64 bits per heavy atom. The lowest BCUT2D eigenvalue weighted by molar-refractivity contribution is -0.117. The second-order valence-corrected chi connectivity index (χ2v) is 7.01. The summed E-state index contributed by atoms with van der Waals surface area (Å²) >= 11 is 4.98. The number of carbonyl (C=O) groups is 1. The first kappa shape index (κ1) is 17.8. The molecule has 2 rings (SSSR count). The van der Waals surface area contributed by atoms with E-state index in [0.717, 1.165) is 31.6 Å². The fourth-order valence-electron chi connectivity index (χ4n) is 2.86. The van der Waals surface area contributed by atoms with E-state index in [0.29, 0.717) is 16.0 Å². The molecule has 0 heterocycles. The van der Waals surface area contributed by atoms with Crippen molar-refractivity contribution in [3.63, 3.8) is 0 Å². The third kappa shape index (κ3) is 4.50. The van der Waals surface area contributed by atoms with Crippen LogP contribution in [0, 0.1) is 17.7 Å². The Hall–Kier alpha value is -0.500. The first-order valence-electron chi connectivity index (χ1n) is 7.50. The maximum atomic E-state index is 13.3. The van der Waals surface area contributed by atoms with Crippen molar-refractivity contribution >= 4 is 56.1 Å². The number of nitrogens with zero attached hydrogens (tertiary/aromatic N) is 1. The number of rotatable bonds is 4. The van der Waals surface area contributed by atoms with Crippen LogP contribution in [0.25, 0.3) is 0 Å². The summed E-state index contributed by atoms with van der Waals surface area (Å²) in [6.07, 6.45) is 5.28. The number of halogens is 3. The molecular weight excluding hydrogens is 462 g/mol. The van der Waals surface area contributed by atoms with Crippen LogP contribution < -0.4 is 5.32 Å². The normalized spacial score (nSPS) is 22.5. The van der Waals surface area contributed by atoms with Gasteiger partial charge in [0.25, 0.3) is 0 Å². The summed E-state index contributed by atoms with van der Waals surface area (Å²) in [4.78, 5) is 12.6. The van der Waals surface area contributed by atoms with E-state index in [-0.39, 0.29) is 17.5 Å². The van der Waals surface area contributed by atoms with Crippen molar-refractivity contribution in [2.75, 3.05) is 5.32 Å². The number of amidine groups is 1. The molecule has 6 heteroatoms. The lowest BCUT2D eigenvalue weighted by Crippen LogP contribution is -2.32. The summed E-state index contributed by atoms with van der Waals surface area (Å²) in [5, 5.41) is 3.02.